The Balaban J connectivity index is 2.07. The largest absolute Gasteiger partial charge is 0.347 e. The van der Waals surface area contributed by atoms with Gasteiger partial charge in [0, 0.05) is 29.5 Å². The SMILES string of the molecule is CN(Cc1ncc[nH]1)C(=O)c1ccc(Br)cc1. The molecule has 1 heterocycles. The Bertz CT molecular complexity index is 493. The lowest BCUT2D eigenvalue weighted by atomic mass is 10.2. The van der Waals surface area contributed by atoms with Crippen LogP contribution in [0.5, 0.6) is 0 Å². The third-order valence-corrected chi connectivity index (χ3v) is 2.91. The molecule has 0 saturated carbocycles. The van der Waals surface area contributed by atoms with E-state index in [0.29, 0.717) is 12.1 Å². The van der Waals surface area contributed by atoms with Gasteiger partial charge in [-0.2, -0.15) is 0 Å². The molecule has 1 amide bonds. The van der Waals surface area contributed by atoms with Crippen molar-refractivity contribution < 1.29 is 4.79 Å². The summed E-state index contributed by atoms with van der Waals surface area (Å²) in [7, 11) is 1.76. The fourth-order valence-electron chi connectivity index (χ4n) is 1.49. The van der Waals surface area contributed by atoms with Crippen molar-refractivity contribution in [2.45, 2.75) is 6.54 Å². The van der Waals surface area contributed by atoms with Crippen LogP contribution in [0.4, 0.5) is 0 Å². The minimum atomic E-state index is -0.0195. The van der Waals surface area contributed by atoms with Gasteiger partial charge in [0.2, 0.25) is 0 Å². The molecular formula is C12H12BrN3O. The van der Waals surface area contributed by atoms with Gasteiger partial charge in [-0.3, -0.25) is 4.79 Å². The number of hydrogen-bond acceptors (Lipinski definition) is 2. The first-order valence-electron chi connectivity index (χ1n) is 5.16. The summed E-state index contributed by atoms with van der Waals surface area (Å²) in [4.78, 5) is 20.7. The van der Waals surface area contributed by atoms with Crippen molar-refractivity contribution >= 4 is 21.8 Å². The highest BCUT2D eigenvalue weighted by atomic mass is 79.9. The zero-order valence-electron chi connectivity index (χ0n) is 9.35. The summed E-state index contributed by atoms with van der Waals surface area (Å²) >= 11 is 3.34. The molecule has 2 aromatic rings. The summed E-state index contributed by atoms with van der Waals surface area (Å²) in [6, 6.07) is 7.30. The van der Waals surface area contributed by atoms with E-state index in [4.69, 9.17) is 0 Å². The van der Waals surface area contributed by atoms with Crippen LogP contribution < -0.4 is 0 Å². The number of halogens is 1. The van der Waals surface area contributed by atoms with E-state index >= 15 is 0 Å². The van der Waals surface area contributed by atoms with Crippen LogP contribution in [0.2, 0.25) is 0 Å². The zero-order valence-corrected chi connectivity index (χ0v) is 10.9. The normalized spacial score (nSPS) is 10.2. The average molecular weight is 294 g/mol. The molecule has 17 heavy (non-hydrogen) atoms. The molecule has 1 aromatic carbocycles. The second-order valence-electron chi connectivity index (χ2n) is 3.70. The monoisotopic (exact) mass is 293 g/mol. The number of aromatic nitrogens is 2. The minimum Gasteiger partial charge on any atom is -0.347 e. The maximum atomic E-state index is 12.1. The summed E-state index contributed by atoms with van der Waals surface area (Å²) in [6.07, 6.45) is 3.42. The van der Waals surface area contributed by atoms with Crippen molar-refractivity contribution in [2.24, 2.45) is 0 Å². The van der Waals surface area contributed by atoms with Gasteiger partial charge in [0.1, 0.15) is 5.82 Å². The Morgan fingerprint density at radius 1 is 1.41 bits per heavy atom. The smallest absolute Gasteiger partial charge is 0.254 e. The quantitative estimate of drug-likeness (QED) is 0.945. The molecular weight excluding hydrogens is 282 g/mol. The standard InChI is InChI=1S/C12H12BrN3O/c1-16(8-11-14-6-7-15-11)12(17)9-2-4-10(13)5-3-9/h2-7H,8H2,1H3,(H,14,15). The van der Waals surface area contributed by atoms with Gasteiger partial charge in [0.15, 0.2) is 0 Å². The number of rotatable bonds is 3. The van der Waals surface area contributed by atoms with E-state index < -0.39 is 0 Å². The Kier molecular flexibility index (Phi) is 3.58. The molecule has 4 nitrogen and oxygen atoms in total. The van der Waals surface area contributed by atoms with E-state index in [1.807, 2.05) is 12.1 Å². The number of nitrogens with one attached hydrogen (secondary N) is 1. The molecule has 0 saturated heterocycles. The number of imidazole rings is 1. The number of aromatic amines is 1. The Hall–Kier alpha value is -1.62. The van der Waals surface area contributed by atoms with Gasteiger partial charge in [-0.1, -0.05) is 15.9 Å². The van der Waals surface area contributed by atoms with Gasteiger partial charge in [0.25, 0.3) is 5.91 Å². The van der Waals surface area contributed by atoms with Gasteiger partial charge in [-0.15, -0.1) is 0 Å². The van der Waals surface area contributed by atoms with E-state index in [9.17, 15) is 4.79 Å². The first-order chi connectivity index (χ1) is 8.16. The van der Waals surface area contributed by atoms with Crippen LogP contribution in [0.3, 0.4) is 0 Å². The van der Waals surface area contributed by atoms with E-state index in [0.717, 1.165) is 10.3 Å². The highest BCUT2D eigenvalue weighted by Gasteiger charge is 2.12. The second kappa shape index (κ2) is 5.14. The fourth-order valence-corrected chi connectivity index (χ4v) is 1.76. The van der Waals surface area contributed by atoms with Crippen molar-refractivity contribution in [2.75, 3.05) is 7.05 Å². The molecule has 0 spiro atoms. The van der Waals surface area contributed by atoms with Crippen molar-refractivity contribution in [1.29, 1.82) is 0 Å². The van der Waals surface area contributed by atoms with Crippen LogP contribution in [0.15, 0.2) is 41.1 Å². The van der Waals surface area contributed by atoms with E-state index in [1.54, 1.807) is 36.5 Å². The summed E-state index contributed by atoms with van der Waals surface area (Å²) in [6.45, 7) is 0.474. The predicted molar refractivity (Wildman–Crippen MR) is 68.5 cm³/mol. The van der Waals surface area contributed by atoms with Crippen LogP contribution in [0.1, 0.15) is 16.2 Å². The first kappa shape index (κ1) is 11.9. The number of carbonyl (C=O) groups excluding carboxylic acids is 1. The predicted octanol–water partition coefficient (Wildman–Crippen LogP) is 2.44. The third-order valence-electron chi connectivity index (χ3n) is 2.38. The number of nitrogens with zero attached hydrogens (tertiary/aromatic N) is 2. The summed E-state index contributed by atoms with van der Waals surface area (Å²) in [5, 5.41) is 0. The summed E-state index contributed by atoms with van der Waals surface area (Å²) in [5.41, 5.74) is 0.669. The molecule has 0 atom stereocenters. The zero-order chi connectivity index (χ0) is 12.3. The maximum Gasteiger partial charge on any atom is 0.254 e. The van der Waals surface area contributed by atoms with Crippen molar-refractivity contribution in [1.82, 2.24) is 14.9 Å². The molecule has 0 aliphatic carbocycles. The molecule has 0 aliphatic heterocycles. The third kappa shape index (κ3) is 2.94. The lowest BCUT2D eigenvalue weighted by Crippen LogP contribution is -2.26. The van der Waals surface area contributed by atoms with Gasteiger partial charge < -0.3 is 9.88 Å². The molecule has 0 unspecified atom stereocenters. The lowest BCUT2D eigenvalue weighted by Gasteiger charge is -2.15. The Labute approximate surface area is 108 Å². The van der Waals surface area contributed by atoms with Crippen molar-refractivity contribution in [3.8, 4) is 0 Å². The number of benzene rings is 1. The van der Waals surface area contributed by atoms with Crippen LogP contribution in [-0.2, 0) is 6.54 Å². The van der Waals surface area contributed by atoms with E-state index in [2.05, 4.69) is 25.9 Å². The van der Waals surface area contributed by atoms with Gasteiger partial charge >= 0.3 is 0 Å². The molecule has 0 bridgehead atoms. The summed E-state index contributed by atoms with van der Waals surface area (Å²) in [5.74, 6) is 0.756. The molecule has 1 N–H and O–H groups in total. The molecule has 0 fully saturated rings. The summed E-state index contributed by atoms with van der Waals surface area (Å²) < 4.78 is 0.961. The van der Waals surface area contributed by atoms with Crippen molar-refractivity contribution in [3.05, 3.63) is 52.5 Å². The van der Waals surface area contributed by atoms with Crippen LogP contribution in [0, 0.1) is 0 Å². The van der Waals surface area contributed by atoms with Crippen LogP contribution >= 0.6 is 15.9 Å². The van der Waals surface area contributed by atoms with E-state index in [1.165, 1.54) is 0 Å². The molecule has 88 valence electrons. The van der Waals surface area contributed by atoms with Gasteiger partial charge in [-0.05, 0) is 24.3 Å². The topological polar surface area (TPSA) is 49.0 Å². The lowest BCUT2D eigenvalue weighted by molar-refractivity contribution is 0.0782. The Morgan fingerprint density at radius 2 is 2.12 bits per heavy atom. The van der Waals surface area contributed by atoms with E-state index in [-0.39, 0.29) is 5.91 Å². The molecule has 1 aromatic heterocycles. The average Bonchev–Trinajstić information content (AvgIpc) is 2.82. The van der Waals surface area contributed by atoms with Crippen LogP contribution in [0.25, 0.3) is 0 Å². The van der Waals surface area contributed by atoms with Crippen molar-refractivity contribution in [3.63, 3.8) is 0 Å². The molecule has 5 heteroatoms. The number of carbonyl (C=O) groups is 1. The van der Waals surface area contributed by atoms with Gasteiger partial charge in [0.05, 0.1) is 6.54 Å². The minimum absolute atomic E-state index is 0.0195. The van der Waals surface area contributed by atoms with Crippen LogP contribution in [-0.4, -0.2) is 27.8 Å². The molecule has 0 aliphatic rings. The van der Waals surface area contributed by atoms with Gasteiger partial charge in [-0.25, -0.2) is 4.98 Å². The Morgan fingerprint density at radius 3 is 2.71 bits per heavy atom. The first-order valence-corrected chi connectivity index (χ1v) is 5.95. The molecule has 2 rings (SSSR count). The molecule has 0 radical (unpaired) electrons. The number of amides is 1. The highest BCUT2D eigenvalue weighted by Crippen LogP contribution is 2.12. The highest BCUT2D eigenvalue weighted by molar-refractivity contribution is 9.10. The fraction of sp³-hybridized carbons (Fsp3) is 0.167. The number of H-pyrrole nitrogens is 1. The number of hydrogen-bond donors (Lipinski definition) is 1. The second-order valence-corrected chi connectivity index (χ2v) is 4.62. The maximum absolute atomic E-state index is 12.1.